The normalized spacial score (nSPS) is 9.00. The summed E-state index contributed by atoms with van der Waals surface area (Å²) in [6.07, 6.45) is 0. The number of primary amides is 1. The number of nitrogens with two attached hydrogens (primary N) is 2. The molecule has 0 saturated heterocycles. The average Bonchev–Trinajstić information content (AvgIpc) is 2.10. The van der Waals surface area contributed by atoms with E-state index in [2.05, 4.69) is 10.6 Å². The summed E-state index contributed by atoms with van der Waals surface area (Å²) in [4.78, 5) is 31.5. The molecule has 0 aliphatic heterocycles. The Kier molecular flexibility index (Phi) is 5.20. The first-order valence-electron chi connectivity index (χ1n) is 3.58. The van der Waals surface area contributed by atoms with E-state index >= 15 is 0 Å². The molecule has 6 N–H and O–H groups in total. The van der Waals surface area contributed by atoms with Gasteiger partial charge in [0.15, 0.2) is 0 Å². The zero-order chi connectivity index (χ0) is 10.3. The third kappa shape index (κ3) is 6.76. The van der Waals surface area contributed by atoms with Gasteiger partial charge in [0.1, 0.15) is 0 Å². The maximum Gasteiger partial charge on any atom is 0.239 e. The topological polar surface area (TPSA) is 127 Å². The lowest BCUT2D eigenvalue weighted by Crippen LogP contribution is -2.42. The highest BCUT2D eigenvalue weighted by molar-refractivity contribution is 5.88. The van der Waals surface area contributed by atoms with Crippen LogP contribution in [-0.2, 0) is 14.4 Å². The quantitative estimate of drug-likeness (QED) is 0.359. The highest BCUT2D eigenvalue weighted by atomic mass is 16.2. The van der Waals surface area contributed by atoms with Gasteiger partial charge in [-0.1, -0.05) is 0 Å². The van der Waals surface area contributed by atoms with Crippen molar-refractivity contribution in [1.82, 2.24) is 10.6 Å². The first-order chi connectivity index (χ1) is 6.06. The Labute approximate surface area is 74.8 Å². The predicted octanol–water partition coefficient (Wildman–Crippen LogP) is -3.34. The number of rotatable bonds is 5. The van der Waals surface area contributed by atoms with E-state index in [9.17, 15) is 14.4 Å². The lowest BCUT2D eigenvalue weighted by molar-refractivity contribution is -0.126. The molecule has 0 aliphatic carbocycles. The van der Waals surface area contributed by atoms with Crippen LogP contribution in [0.5, 0.6) is 0 Å². The van der Waals surface area contributed by atoms with Gasteiger partial charge in [-0.15, -0.1) is 0 Å². The van der Waals surface area contributed by atoms with Crippen LogP contribution >= 0.6 is 0 Å². The van der Waals surface area contributed by atoms with Crippen LogP contribution in [0.2, 0.25) is 0 Å². The maximum atomic E-state index is 10.8. The summed E-state index contributed by atoms with van der Waals surface area (Å²) < 4.78 is 0. The Bertz CT molecular complexity index is 216. The van der Waals surface area contributed by atoms with Crippen LogP contribution < -0.4 is 22.1 Å². The van der Waals surface area contributed by atoms with E-state index in [1.54, 1.807) is 0 Å². The fourth-order valence-electron chi connectivity index (χ4n) is 0.499. The minimum Gasteiger partial charge on any atom is -0.368 e. The Morgan fingerprint density at radius 2 is 1.54 bits per heavy atom. The van der Waals surface area contributed by atoms with E-state index in [0.717, 1.165) is 0 Å². The molecule has 3 amide bonds. The SMILES string of the molecule is NCC(=O)NCC(=O)NCC(N)=O. The minimum atomic E-state index is -0.640. The monoisotopic (exact) mass is 188 g/mol. The lowest BCUT2D eigenvalue weighted by atomic mass is 10.5. The maximum absolute atomic E-state index is 10.8. The van der Waals surface area contributed by atoms with Crippen molar-refractivity contribution >= 4 is 17.7 Å². The fourth-order valence-corrected chi connectivity index (χ4v) is 0.499. The van der Waals surface area contributed by atoms with Gasteiger partial charge < -0.3 is 22.1 Å². The Morgan fingerprint density at radius 3 is 2.00 bits per heavy atom. The molecule has 0 saturated carbocycles. The number of nitrogens with one attached hydrogen (secondary N) is 2. The predicted molar refractivity (Wildman–Crippen MR) is 44.3 cm³/mol. The molecule has 0 aromatic heterocycles. The molecule has 7 heteroatoms. The summed E-state index contributed by atoms with van der Waals surface area (Å²) in [7, 11) is 0. The second kappa shape index (κ2) is 5.95. The Morgan fingerprint density at radius 1 is 1.00 bits per heavy atom. The third-order valence-corrected chi connectivity index (χ3v) is 1.09. The Hall–Kier alpha value is -1.63. The van der Waals surface area contributed by atoms with Gasteiger partial charge in [0, 0.05) is 0 Å². The zero-order valence-corrected chi connectivity index (χ0v) is 7.00. The van der Waals surface area contributed by atoms with E-state index < -0.39 is 17.7 Å². The molecule has 0 rings (SSSR count). The van der Waals surface area contributed by atoms with Crippen molar-refractivity contribution in [3.8, 4) is 0 Å². The molecule has 0 unspecified atom stereocenters. The van der Waals surface area contributed by atoms with Gasteiger partial charge in [0.2, 0.25) is 17.7 Å². The van der Waals surface area contributed by atoms with Crippen LogP contribution in [0.1, 0.15) is 0 Å². The number of carbonyl (C=O) groups is 3. The first-order valence-corrected chi connectivity index (χ1v) is 3.58. The molecule has 74 valence electrons. The van der Waals surface area contributed by atoms with E-state index in [0.29, 0.717) is 0 Å². The van der Waals surface area contributed by atoms with Crippen molar-refractivity contribution in [1.29, 1.82) is 0 Å². The van der Waals surface area contributed by atoms with E-state index in [-0.39, 0.29) is 19.6 Å². The largest absolute Gasteiger partial charge is 0.368 e. The van der Waals surface area contributed by atoms with Gasteiger partial charge in [-0.25, -0.2) is 0 Å². The van der Waals surface area contributed by atoms with Gasteiger partial charge in [0.25, 0.3) is 0 Å². The third-order valence-electron chi connectivity index (χ3n) is 1.09. The smallest absolute Gasteiger partial charge is 0.239 e. The van der Waals surface area contributed by atoms with Crippen LogP contribution in [0, 0.1) is 0 Å². The zero-order valence-electron chi connectivity index (χ0n) is 7.00. The molecule has 0 aromatic rings. The molecule has 13 heavy (non-hydrogen) atoms. The molecular weight excluding hydrogens is 176 g/mol. The summed E-state index contributed by atoms with van der Waals surface area (Å²) in [6.45, 7) is -0.621. The summed E-state index contributed by atoms with van der Waals surface area (Å²) in [5.41, 5.74) is 9.72. The second-order valence-corrected chi connectivity index (χ2v) is 2.22. The van der Waals surface area contributed by atoms with E-state index in [1.807, 2.05) is 0 Å². The molecular formula is C6H12N4O3. The highest BCUT2D eigenvalue weighted by Crippen LogP contribution is 1.65. The lowest BCUT2D eigenvalue weighted by Gasteiger charge is -2.03. The molecule has 0 radical (unpaired) electrons. The molecule has 0 aromatic carbocycles. The summed E-state index contributed by atoms with van der Waals surface area (Å²) >= 11 is 0. The number of hydrogen-bond acceptors (Lipinski definition) is 4. The first kappa shape index (κ1) is 11.4. The van der Waals surface area contributed by atoms with E-state index in [4.69, 9.17) is 11.5 Å². The van der Waals surface area contributed by atoms with Crippen molar-refractivity contribution in [2.24, 2.45) is 11.5 Å². The number of hydrogen-bond donors (Lipinski definition) is 4. The van der Waals surface area contributed by atoms with Crippen LogP contribution in [0.15, 0.2) is 0 Å². The summed E-state index contributed by atoms with van der Waals surface area (Å²) in [5, 5.41) is 4.42. The van der Waals surface area contributed by atoms with Gasteiger partial charge in [-0.05, 0) is 0 Å². The standard InChI is InChI=1S/C6H12N4O3/c7-1-5(12)10-3-6(13)9-2-4(8)11/h1-3,7H2,(H2,8,11)(H,9,13)(H,10,12). The average molecular weight is 188 g/mol. The molecule has 7 nitrogen and oxygen atoms in total. The molecule has 0 fully saturated rings. The van der Waals surface area contributed by atoms with Crippen molar-refractivity contribution < 1.29 is 14.4 Å². The summed E-state index contributed by atoms with van der Waals surface area (Å²) in [5.74, 6) is -1.56. The van der Waals surface area contributed by atoms with Gasteiger partial charge in [0.05, 0.1) is 19.6 Å². The number of amides is 3. The summed E-state index contributed by atoms with van der Waals surface area (Å²) in [6, 6.07) is 0. The van der Waals surface area contributed by atoms with E-state index in [1.165, 1.54) is 0 Å². The molecule has 0 heterocycles. The minimum absolute atomic E-state index is 0.177. The van der Waals surface area contributed by atoms with Crippen molar-refractivity contribution in [3.63, 3.8) is 0 Å². The fraction of sp³-hybridized carbons (Fsp3) is 0.500. The van der Waals surface area contributed by atoms with Gasteiger partial charge in [-0.2, -0.15) is 0 Å². The van der Waals surface area contributed by atoms with Crippen LogP contribution in [0.25, 0.3) is 0 Å². The van der Waals surface area contributed by atoms with Crippen molar-refractivity contribution in [3.05, 3.63) is 0 Å². The molecule has 0 aliphatic rings. The van der Waals surface area contributed by atoms with Crippen LogP contribution in [0.3, 0.4) is 0 Å². The van der Waals surface area contributed by atoms with Gasteiger partial charge in [-0.3, -0.25) is 14.4 Å². The van der Waals surface area contributed by atoms with Gasteiger partial charge >= 0.3 is 0 Å². The van der Waals surface area contributed by atoms with Crippen molar-refractivity contribution in [2.75, 3.05) is 19.6 Å². The van der Waals surface area contributed by atoms with Crippen molar-refractivity contribution in [2.45, 2.75) is 0 Å². The van der Waals surface area contributed by atoms with Crippen LogP contribution in [-0.4, -0.2) is 37.4 Å². The van der Waals surface area contributed by atoms with Crippen LogP contribution in [0.4, 0.5) is 0 Å². The molecule has 0 atom stereocenters. The molecule has 0 spiro atoms. The Balaban J connectivity index is 3.52. The number of carbonyl (C=O) groups excluding carboxylic acids is 3. The highest BCUT2D eigenvalue weighted by Gasteiger charge is 2.03. The second-order valence-electron chi connectivity index (χ2n) is 2.22. The molecule has 0 bridgehead atoms.